The Morgan fingerprint density at radius 1 is 1.04 bits per heavy atom. The number of methoxy groups -OCH3 is 1. The number of carbonyl (C=O) groups is 2. The van der Waals surface area contributed by atoms with Gasteiger partial charge in [-0.05, 0) is 49.9 Å². The third-order valence-electron chi connectivity index (χ3n) is 5.64. The zero-order valence-corrected chi connectivity index (χ0v) is 16.9. The number of carbonyl (C=O) groups excluding carboxylic acids is 2. The summed E-state index contributed by atoms with van der Waals surface area (Å²) in [6.07, 6.45) is 2.45. The summed E-state index contributed by atoms with van der Waals surface area (Å²) in [5.74, 6) is -0.293. The second-order valence-electron chi connectivity index (χ2n) is 7.38. The fourth-order valence-corrected chi connectivity index (χ4v) is 5.43. The summed E-state index contributed by atoms with van der Waals surface area (Å²) in [7, 11) is -2.13. The van der Waals surface area contributed by atoms with Crippen molar-refractivity contribution >= 4 is 21.8 Å². The van der Waals surface area contributed by atoms with Crippen LogP contribution < -0.4 is 10.5 Å². The SMILES string of the molecule is COc1ccc(S(=O)(=O)N2CCCC(C(=O)N3CCC(C(N)=O)CC3)C2)cc1. The molecule has 0 radical (unpaired) electrons. The normalized spacial score (nSPS) is 22.0. The molecule has 0 spiro atoms. The molecule has 2 aliphatic rings. The monoisotopic (exact) mass is 409 g/mol. The van der Waals surface area contributed by atoms with Gasteiger partial charge in [-0.1, -0.05) is 0 Å². The molecule has 1 aromatic rings. The second-order valence-corrected chi connectivity index (χ2v) is 9.32. The molecule has 1 atom stereocenters. The van der Waals surface area contributed by atoms with E-state index in [9.17, 15) is 18.0 Å². The van der Waals surface area contributed by atoms with Crippen molar-refractivity contribution in [1.82, 2.24) is 9.21 Å². The first kappa shape index (κ1) is 20.6. The van der Waals surface area contributed by atoms with Crippen molar-refractivity contribution in [2.75, 3.05) is 33.3 Å². The summed E-state index contributed by atoms with van der Waals surface area (Å²) in [5.41, 5.74) is 5.35. The standard InChI is InChI=1S/C19H27N3O5S/c1-27-16-4-6-17(7-5-16)28(25,26)22-10-2-3-15(13-22)19(24)21-11-8-14(9-12-21)18(20)23/h4-7,14-15H,2-3,8-13H2,1H3,(H2,20,23). The minimum Gasteiger partial charge on any atom is -0.497 e. The lowest BCUT2D eigenvalue weighted by atomic mass is 9.93. The van der Waals surface area contributed by atoms with Crippen LogP contribution in [0, 0.1) is 11.8 Å². The van der Waals surface area contributed by atoms with Crippen LogP contribution in [0.15, 0.2) is 29.2 Å². The van der Waals surface area contributed by atoms with Gasteiger partial charge in [0, 0.05) is 32.1 Å². The van der Waals surface area contributed by atoms with Crippen LogP contribution in [0.4, 0.5) is 0 Å². The van der Waals surface area contributed by atoms with Crippen LogP contribution in [0.1, 0.15) is 25.7 Å². The number of benzene rings is 1. The average Bonchev–Trinajstić information content (AvgIpc) is 2.73. The van der Waals surface area contributed by atoms with Crippen molar-refractivity contribution in [1.29, 1.82) is 0 Å². The molecule has 1 unspecified atom stereocenters. The van der Waals surface area contributed by atoms with E-state index in [1.54, 1.807) is 17.0 Å². The van der Waals surface area contributed by atoms with Crippen molar-refractivity contribution in [3.63, 3.8) is 0 Å². The predicted molar refractivity (Wildman–Crippen MR) is 103 cm³/mol. The van der Waals surface area contributed by atoms with Gasteiger partial charge in [0.05, 0.1) is 17.9 Å². The largest absolute Gasteiger partial charge is 0.497 e. The van der Waals surface area contributed by atoms with Gasteiger partial charge in [0.2, 0.25) is 21.8 Å². The van der Waals surface area contributed by atoms with Gasteiger partial charge in [-0.3, -0.25) is 9.59 Å². The molecule has 8 nitrogen and oxygen atoms in total. The highest BCUT2D eigenvalue weighted by Crippen LogP contribution is 2.27. The molecule has 1 aromatic carbocycles. The zero-order chi connectivity index (χ0) is 20.3. The van der Waals surface area contributed by atoms with E-state index >= 15 is 0 Å². The summed E-state index contributed by atoms with van der Waals surface area (Å²) in [5, 5.41) is 0. The number of likely N-dealkylation sites (tertiary alicyclic amines) is 1. The minimum atomic E-state index is -3.66. The lowest BCUT2D eigenvalue weighted by Gasteiger charge is -2.37. The van der Waals surface area contributed by atoms with Gasteiger partial charge in [0.15, 0.2) is 0 Å². The molecule has 0 bridgehead atoms. The van der Waals surface area contributed by atoms with Gasteiger partial charge >= 0.3 is 0 Å². The molecule has 2 heterocycles. The number of amides is 2. The Labute approximate surface area is 165 Å². The van der Waals surface area contributed by atoms with Crippen LogP contribution in [0.5, 0.6) is 5.75 Å². The highest BCUT2D eigenvalue weighted by molar-refractivity contribution is 7.89. The van der Waals surface area contributed by atoms with E-state index in [4.69, 9.17) is 10.5 Å². The van der Waals surface area contributed by atoms with E-state index in [2.05, 4.69) is 0 Å². The minimum absolute atomic E-state index is 0.0300. The zero-order valence-electron chi connectivity index (χ0n) is 16.0. The van der Waals surface area contributed by atoms with Crippen molar-refractivity contribution in [2.45, 2.75) is 30.6 Å². The highest BCUT2D eigenvalue weighted by atomic mass is 32.2. The van der Waals surface area contributed by atoms with Gasteiger partial charge in [-0.15, -0.1) is 0 Å². The second kappa shape index (κ2) is 8.48. The van der Waals surface area contributed by atoms with Crippen LogP contribution in [0.25, 0.3) is 0 Å². The fourth-order valence-electron chi connectivity index (χ4n) is 3.90. The molecule has 0 saturated carbocycles. The molecule has 0 aromatic heterocycles. The third-order valence-corrected chi connectivity index (χ3v) is 7.52. The smallest absolute Gasteiger partial charge is 0.243 e. The van der Waals surface area contributed by atoms with Crippen molar-refractivity contribution in [3.05, 3.63) is 24.3 Å². The molecule has 154 valence electrons. The van der Waals surface area contributed by atoms with Crippen LogP contribution in [-0.2, 0) is 19.6 Å². The van der Waals surface area contributed by atoms with E-state index in [1.165, 1.54) is 23.5 Å². The molecule has 2 fully saturated rings. The lowest BCUT2D eigenvalue weighted by molar-refractivity contribution is -0.139. The highest BCUT2D eigenvalue weighted by Gasteiger charge is 2.36. The van der Waals surface area contributed by atoms with Crippen molar-refractivity contribution in [2.24, 2.45) is 17.6 Å². The Balaban J connectivity index is 1.66. The predicted octanol–water partition coefficient (Wildman–Crippen LogP) is 0.820. The Morgan fingerprint density at radius 2 is 1.68 bits per heavy atom. The van der Waals surface area contributed by atoms with E-state index in [-0.39, 0.29) is 35.1 Å². The van der Waals surface area contributed by atoms with Crippen molar-refractivity contribution < 1.29 is 22.7 Å². The molecular formula is C19H27N3O5S. The number of nitrogens with two attached hydrogens (primary N) is 1. The maximum Gasteiger partial charge on any atom is 0.243 e. The molecular weight excluding hydrogens is 382 g/mol. The number of hydrogen-bond acceptors (Lipinski definition) is 5. The van der Waals surface area contributed by atoms with E-state index in [1.807, 2.05) is 0 Å². The maximum absolute atomic E-state index is 13.0. The molecule has 9 heteroatoms. The summed E-state index contributed by atoms with van der Waals surface area (Å²) in [4.78, 5) is 26.1. The summed E-state index contributed by atoms with van der Waals surface area (Å²) in [6.45, 7) is 1.58. The third kappa shape index (κ3) is 4.30. The first-order chi connectivity index (χ1) is 13.3. The number of rotatable bonds is 5. The summed E-state index contributed by atoms with van der Waals surface area (Å²) >= 11 is 0. The molecule has 2 N–H and O–H groups in total. The Morgan fingerprint density at radius 3 is 2.25 bits per heavy atom. The molecule has 2 saturated heterocycles. The van der Waals surface area contributed by atoms with Gasteiger partial charge in [-0.2, -0.15) is 4.31 Å². The van der Waals surface area contributed by atoms with Crippen molar-refractivity contribution in [3.8, 4) is 5.75 Å². The van der Waals surface area contributed by atoms with Crippen LogP contribution in [0.2, 0.25) is 0 Å². The molecule has 0 aliphatic carbocycles. The quantitative estimate of drug-likeness (QED) is 0.774. The van der Waals surface area contributed by atoms with Crippen LogP contribution in [0.3, 0.4) is 0 Å². The van der Waals surface area contributed by atoms with Crippen LogP contribution >= 0.6 is 0 Å². The van der Waals surface area contributed by atoms with E-state index < -0.39 is 10.0 Å². The summed E-state index contributed by atoms with van der Waals surface area (Å²) in [6, 6.07) is 6.27. The van der Waals surface area contributed by atoms with E-state index in [0.717, 1.165) is 0 Å². The number of hydrogen-bond donors (Lipinski definition) is 1. The first-order valence-corrected chi connectivity index (χ1v) is 11.0. The Bertz CT molecular complexity index is 816. The topological polar surface area (TPSA) is 110 Å². The molecule has 2 aliphatic heterocycles. The first-order valence-electron chi connectivity index (χ1n) is 9.55. The van der Waals surface area contributed by atoms with Gasteiger partial charge in [-0.25, -0.2) is 8.42 Å². The maximum atomic E-state index is 13.0. The van der Waals surface area contributed by atoms with Crippen LogP contribution in [-0.4, -0.2) is 62.7 Å². The molecule has 28 heavy (non-hydrogen) atoms. The number of nitrogens with zero attached hydrogens (tertiary/aromatic N) is 2. The molecule has 2 amide bonds. The number of sulfonamides is 1. The van der Waals surface area contributed by atoms with E-state index in [0.29, 0.717) is 51.1 Å². The summed E-state index contributed by atoms with van der Waals surface area (Å²) < 4.78 is 32.4. The van der Waals surface area contributed by atoms with Gasteiger partial charge in [0.25, 0.3) is 0 Å². The van der Waals surface area contributed by atoms with Gasteiger partial charge in [0.1, 0.15) is 5.75 Å². The number of ether oxygens (including phenoxy) is 1. The Hall–Kier alpha value is -2.13. The van der Waals surface area contributed by atoms with Gasteiger partial charge < -0.3 is 15.4 Å². The number of primary amides is 1. The average molecular weight is 410 g/mol. The lowest BCUT2D eigenvalue weighted by Crippen LogP contribution is -2.49. The Kier molecular flexibility index (Phi) is 6.24. The number of piperidine rings is 2. The fraction of sp³-hybridized carbons (Fsp3) is 0.579. The molecule has 3 rings (SSSR count).